The molecule has 0 N–H and O–H groups in total. The minimum atomic E-state index is -0.0222. The summed E-state index contributed by atoms with van der Waals surface area (Å²) in [5.41, 5.74) is 3.45. The van der Waals surface area contributed by atoms with E-state index in [2.05, 4.69) is 16.8 Å². The molecule has 4 rings (SSSR count). The van der Waals surface area contributed by atoms with Crippen molar-refractivity contribution in [3.05, 3.63) is 43.0 Å². The predicted octanol–water partition coefficient (Wildman–Crippen LogP) is 2.38. The lowest BCUT2D eigenvalue weighted by Gasteiger charge is -2.19. The molecule has 1 aliphatic rings. The molecule has 0 spiro atoms. The van der Waals surface area contributed by atoms with Crippen LogP contribution in [0.25, 0.3) is 16.8 Å². The second-order valence-corrected chi connectivity index (χ2v) is 7.09. The fourth-order valence-electron chi connectivity index (χ4n) is 3.66. The lowest BCUT2D eigenvalue weighted by molar-refractivity contribution is -0.126. The van der Waals surface area contributed by atoms with Crippen LogP contribution in [-0.2, 0) is 11.8 Å². The molecule has 3 aromatic heterocycles. The summed E-state index contributed by atoms with van der Waals surface area (Å²) in [5, 5.41) is 8.77. The zero-order valence-corrected chi connectivity index (χ0v) is 16.2. The minimum Gasteiger partial charge on any atom is -0.473 e. The number of ether oxygens (including phenoxy) is 1. The van der Waals surface area contributed by atoms with Crippen LogP contribution in [0.5, 0.6) is 5.88 Å². The number of hydrogen-bond donors (Lipinski definition) is 0. The zero-order chi connectivity index (χ0) is 19.7. The van der Waals surface area contributed by atoms with Gasteiger partial charge in [0.1, 0.15) is 11.6 Å². The third-order valence-electron chi connectivity index (χ3n) is 5.09. The summed E-state index contributed by atoms with van der Waals surface area (Å²) >= 11 is 0. The number of nitrogens with zero attached hydrogens (tertiary/aromatic N) is 6. The molecule has 1 saturated heterocycles. The van der Waals surface area contributed by atoms with Gasteiger partial charge in [0.15, 0.2) is 0 Å². The van der Waals surface area contributed by atoms with Gasteiger partial charge in [-0.15, -0.1) is 0 Å². The van der Waals surface area contributed by atoms with Crippen molar-refractivity contribution in [2.75, 3.05) is 13.1 Å². The fraction of sp³-hybridized carbons (Fsp3) is 0.400. The first-order valence-corrected chi connectivity index (χ1v) is 9.48. The summed E-state index contributed by atoms with van der Waals surface area (Å²) in [5.74, 6) is 0.540. The van der Waals surface area contributed by atoms with Crippen LogP contribution in [0.3, 0.4) is 0 Å². The molecule has 0 aliphatic carbocycles. The van der Waals surface area contributed by atoms with Gasteiger partial charge in [-0.2, -0.15) is 10.2 Å². The molecule has 1 fully saturated rings. The molecule has 8 heteroatoms. The molecule has 1 aliphatic heterocycles. The number of carbonyl (C=O) groups is 1. The molecule has 3 aromatic rings. The highest BCUT2D eigenvalue weighted by Gasteiger charge is 2.22. The topological polar surface area (TPSA) is 77.6 Å². The Labute approximate surface area is 163 Å². The van der Waals surface area contributed by atoms with E-state index in [0.717, 1.165) is 48.3 Å². The maximum Gasteiger partial charge on any atom is 0.245 e. The van der Waals surface area contributed by atoms with Gasteiger partial charge in [0.2, 0.25) is 11.8 Å². The Morgan fingerprint density at radius 3 is 2.93 bits per heavy atom. The molecule has 0 saturated carbocycles. The maximum absolute atomic E-state index is 11.9. The molecule has 146 valence electrons. The Hall–Kier alpha value is -3.16. The maximum atomic E-state index is 11.9. The van der Waals surface area contributed by atoms with Crippen molar-refractivity contribution in [2.24, 2.45) is 7.05 Å². The number of hydrogen-bond acceptors (Lipinski definition) is 5. The van der Waals surface area contributed by atoms with Gasteiger partial charge < -0.3 is 9.64 Å². The second-order valence-electron chi connectivity index (χ2n) is 7.09. The summed E-state index contributed by atoms with van der Waals surface area (Å²) in [6.45, 7) is 6.93. The van der Waals surface area contributed by atoms with Crippen LogP contribution in [0.2, 0.25) is 0 Å². The number of fused-ring (bicyclic) bond motifs is 1. The van der Waals surface area contributed by atoms with E-state index in [1.807, 2.05) is 37.3 Å². The monoisotopic (exact) mass is 380 g/mol. The molecule has 0 bridgehead atoms. The molecular formula is C20H24N6O2. The van der Waals surface area contributed by atoms with Crippen molar-refractivity contribution in [3.8, 4) is 17.1 Å². The highest BCUT2D eigenvalue weighted by atomic mass is 16.5. The predicted molar refractivity (Wildman–Crippen MR) is 105 cm³/mol. The van der Waals surface area contributed by atoms with Gasteiger partial charge in [0.05, 0.1) is 23.8 Å². The molecule has 0 aromatic carbocycles. The van der Waals surface area contributed by atoms with Crippen molar-refractivity contribution < 1.29 is 9.53 Å². The van der Waals surface area contributed by atoms with Crippen LogP contribution >= 0.6 is 0 Å². The Bertz CT molecular complexity index is 1020. The van der Waals surface area contributed by atoms with Crippen LogP contribution < -0.4 is 4.74 Å². The summed E-state index contributed by atoms with van der Waals surface area (Å²) < 4.78 is 9.88. The van der Waals surface area contributed by atoms with Gasteiger partial charge in [0.25, 0.3) is 0 Å². The number of aryl methyl sites for hydroxylation is 2. The quantitative estimate of drug-likeness (QED) is 0.650. The molecule has 0 radical (unpaired) electrons. The summed E-state index contributed by atoms with van der Waals surface area (Å²) in [6, 6.07) is 1.90. The van der Waals surface area contributed by atoms with Gasteiger partial charge in [-0.3, -0.25) is 9.48 Å². The largest absolute Gasteiger partial charge is 0.473 e. The number of aromatic nitrogens is 5. The summed E-state index contributed by atoms with van der Waals surface area (Å²) in [6.07, 6.45) is 9.47. The lowest BCUT2D eigenvalue weighted by Crippen LogP contribution is -2.30. The van der Waals surface area contributed by atoms with E-state index >= 15 is 0 Å². The summed E-state index contributed by atoms with van der Waals surface area (Å²) in [7, 11) is 1.89. The van der Waals surface area contributed by atoms with E-state index in [0.29, 0.717) is 12.4 Å². The number of rotatable bonds is 4. The third kappa shape index (κ3) is 3.49. The Balaban J connectivity index is 1.61. The third-order valence-corrected chi connectivity index (χ3v) is 5.09. The minimum absolute atomic E-state index is 0.000870. The average molecular weight is 380 g/mol. The van der Waals surface area contributed by atoms with Crippen molar-refractivity contribution in [1.82, 2.24) is 29.3 Å². The molecule has 1 amide bonds. The zero-order valence-electron chi connectivity index (χ0n) is 16.2. The summed E-state index contributed by atoms with van der Waals surface area (Å²) in [4.78, 5) is 18.5. The molecular weight excluding hydrogens is 356 g/mol. The SMILES string of the molecule is C=CC(=O)N1CCC[C@@H](Oc2nc(-c3cn(C)nc3C)cn3nccc23)CC1. The van der Waals surface area contributed by atoms with Crippen LogP contribution in [0.4, 0.5) is 0 Å². The van der Waals surface area contributed by atoms with Crippen molar-refractivity contribution in [2.45, 2.75) is 32.3 Å². The number of amides is 1. The van der Waals surface area contributed by atoms with Gasteiger partial charge in [0, 0.05) is 38.3 Å². The van der Waals surface area contributed by atoms with E-state index in [9.17, 15) is 4.79 Å². The van der Waals surface area contributed by atoms with Crippen molar-refractivity contribution in [1.29, 1.82) is 0 Å². The van der Waals surface area contributed by atoms with E-state index in [1.165, 1.54) is 6.08 Å². The van der Waals surface area contributed by atoms with Crippen molar-refractivity contribution >= 4 is 11.4 Å². The van der Waals surface area contributed by atoms with Gasteiger partial charge in [-0.1, -0.05) is 6.58 Å². The fourth-order valence-corrected chi connectivity index (χ4v) is 3.66. The van der Waals surface area contributed by atoms with Crippen LogP contribution in [0, 0.1) is 6.92 Å². The number of carbonyl (C=O) groups excluding carboxylic acids is 1. The smallest absolute Gasteiger partial charge is 0.245 e. The molecule has 0 unspecified atom stereocenters. The second kappa shape index (κ2) is 7.46. The van der Waals surface area contributed by atoms with Gasteiger partial charge in [-0.05, 0) is 31.9 Å². The molecule has 8 nitrogen and oxygen atoms in total. The first-order valence-electron chi connectivity index (χ1n) is 9.48. The van der Waals surface area contributed by atoms with E-state index < -0.39 is 0 Å². The Morgan fingerprint density at radius 1 is 1.32 bits per heavy atom. The van der Waals surface area contributed by atoms with Crippen molar-refractivity contribution in [3.63, 3.8) is 0 Å². The van der Waals surface area contributed by atoms with E-state index in [1.54, 1.807) is 15.4 Å². The van der Waals surface area contributed by atoms with Gasteiger partial charge in [-0.25, -0.2) is 9.50 Å². The average Bonchev–Trinajstić information content (AvgIpc) is 3.21. The van der Waals surface area contributed by atoms with E-state index in [4.69, 9.17) is 9.72 Å². The van der Waals surface area contributed by atoms with Crippen LogP contribution in [-0.4, -0.2) is 54.4 Å². The number of likely N-dealkylation sites (tertiary alicyclic amines) is 1. The van der Waals surface area contributed by atoms with Crippen LogP contribution in [0.1, 0.15) is 25.0 Å². The van der Waals surface area contributed by atoms with Gasteiger partial charge >= 0.3 is 0 Å². The molecule has 28 heavy (non-hydrogen) atoms. The highest BCUT2D eigenvalue weighted by Crippen LogP contribution is 2.27. The molecule has 1 atom stereocenters. The first-order chi connectivity index (χ1) is 13.5. The Kier molecular flexibility index (Phi) is 4.85. The van der Waals surface area contributed by atoms with Crippen LogP contribution in [0.15, 0.2) is 37.3 Å². The highest BCUT2D eigenvalue weighted by molar-refractivity contribution is 5.87. The standard InChI is InChI=1S/C20H24N6O2/c1-4-19(27)25-10-5-6-15(8-11-25)28-20-18-7-9-21-26(18)13-17(22-20)16-12-24(3)23-14(16)2/h4,7,9,12-13,15H,1,5-6,8,10-11H2,2-3H3/t15-/m1/s1. The lowest BCUT2D eigenvalue weighted by atomic mass is 10.1. The van der Waals surface area contributed by atoms with E-state index in [-0.39, 0.29) is 12.0 Å². The molecule has 4 heterocycles. The first kappa shape index (κ1) is 18.2. The Morgan fingerprint density at radius 2 is 2.18 bits per heavy atom. The normalized spacial score (nSPS) is 17.5.